The molecule has 0 bridgehead atoms. The van der Waals surface area contributed by atoms with Gasteiger partial charge in [0.25, 0.3) is 5.56 Å². The van der Waals surface area contributed by atoms with Crippen LogP contribution in [0.3, 0.4) is 0 Å². The van der Waals surface area contributed by atoms with Gasteiger partial charge >= 0.3 is 5.97 Å². The first-order chi connectivity index (χ1) is 14.0. The van der Waals surface area contributed by atoms with Gasteiger partial charge in [-0.05, 0) is 43.2 Å². The van der Waals surface area contributed by atoms with Crippen LogP contribution in [0, 0.1) is 0 Å². The summed E-state index contributed by atoms with van der Waals surface area (Å²) in [5.41, 5.74) is 0.934. The Morgan fingerprint density at radius 1 is 1.10 bits per heavy atom. The smallest absolute Gasteiger partial charge is 0.338 e. The van der Waals surface area contributed by atoms with Crippen molar-refractivity contribution in [2.75, 3.05) is 6.61 Å². The molecule has 0 aliphatic carbocycles. The molecule has 2 heterocycles. The number of aryl methyl sites for hydroxylation is 1. The molecule has 29 heavy (non-hydrogen) atoms. The van der Waals surface area contributed by atoms with Crippen LogP contribution < -0.4 is 5.56 Å². The number of aromatic nitrogens is 2. The highest BCUT2D eigenvalue weighted by Gasteiger charge is 2.17. The second kappa shape index (κ2) is 8.17. The van der Waals surface area contributed by atoms with E-state index in [9.17, 15) is 14.4 Å². The quantitative estimate of drug-likeness (QED) is 0.482. The van der Waals surface area contributed by atoms with Gasteiger partial charge in [0.1, 0.15) is 5.82 Å². The number of esters is 1. The molecule has 0 radical (unpaired) electrons. The van der Waals surface area contributed by atoms with Crippen LogP contribution in [0.5, 0.6) is 0 Å². The van der Waals surface area contributed by atoms with Gasteiger partial charge in [0.05, 0.1) is 21.5 Å². The van der Waals surface area contributed by atoms with Crippen LogP contribution in [0.25, 0.3) is 10.9 Å². The number of hydrogen-bond donors (Lipinski definition) is 0. The molecule has 0 unspecified atom stereocenters. The number of carbonyl (C=O) groups excluding carboxylic acids is 2. The van der Waals surface area contributed by atoms with E-state index in [2.05, 4.69) is 4.98 Å². The van der Waals surface area contributed by atoms with Crippen LogP contribution in [0.2, 0.25) is 5.02 Å². The van der Waals surface area contributed by atoms with Crippen LogP contribution >= 0.6 is 11.6 Å². The summed E-state index contributed by atoms with van der Waals surface area (Å²) in [5.74, 6) is -0.282. The summed E-state index contributed by atoms with van der Waals surface area (Å²) in [4.78, 5) is 42.0. The van der Waals surface area contributed by atoms with Crippen molar-refractivity contribution in [2.24, 2.45) is 0 Å². The van der Waals surface area contributed by atoms with Crippen LogP contribution in [-0.4, -0.2) is 27.9 Å². The Kier molecular flexibility index (Phi) is 5.45. The summed E-state index contributed by atoms with van der Waals surface area (Å²) in [7, 11) is 0. The molecule has 3 aromatic rings. The molecule has 0 saturated carbocycles. The molecule has 0 saturated heterocycles. The van der Waals surface area contributed by atoms with Gasteiger partial charge in [0.15, 0.2) is 6.61 Å². The lowest BCUT2D eigenvalue weighted by Crippen LogP contribution is -2.24. The lowest BCUT2D eigenvalue weighted by molar-refractivity contribution is 0.0475. The summed E-state index contributed by atoms with van der Waals surface area (Å²) in [6, 6.07) is 11.3. The Balaban J connectivity index is 1.56. The number of ketones is 1. The van der Waals surface area contributed by atoms with Gasteiger partial charge in [-0.3, -0.25) is 14.2 Å². The number of nitrogens with zero attached hydrogens (tertiary/aromatic N) is 2. The van der Waals surface area contributed by atoms with E-state index >= 15 is 0 Å². The van der Waals surface area contributed by atoms with Crippen molar-refractivity contribution in [1.29, 1.82) is 0 Å². The van der Waals surface area contributed by atoms with Gasteiger partial charge < -0.3 is 4.74 Å². The zero-order valence-corrected chi connectivity index (χ0v) is 16.4. The minimum atomic E-state index is -0.649. The van der Waals surface area contributed by atoms with E-state index < -0.39 is 12.6 Å². The number of benzene rings is 2. The number of ether oxygens (including phenoxy) is 1. The third kappa shape index (κ3) is 3.93. The van der Waals surface area contributed by atoms with Gasteiger partial charge in [-0.15, -0.1) is 0 Å². The van der Waals surface area contributed by atoms with Crippen molar-refractivity contribution in [2.45, 2.75) is 32.2 Å². The van der Waals surface area contributed by atoms with Gasteiger partial charge in [0, 0.05) is 18.5 Å². The zero-order valence-electron chi connectivity index (χ0n) is 15.7. The lowest BCUT2D eigenvalue weighted by Gasteiger charge is -2.11. The molecule has 2 aromatic carbocycles. The Morgan fingerprint density at radius 2 is 1.93 bits per heavy atom. The van der Waals surface area contributed by atoms with Crippen molar-refractivity contribution < 1.29 is 14.3 Å². The summed E-state index contributed by atoms with van der Waals surface area (Å²) < 4.78 is 6.88. The van der Waals surface area contributed by atoms with Crippen LogP contribution in [0.15, 0.2) is 47.3 Å². The average Bonchev–Trinajstić information content (AvgIpc) is 2.97. The third-order valence-electron chi connectivity index (χ3n) is 5.06. The van der Waals surface area contributed by atoms with Gasteiger partial charge in [-0.25, -0.2) is 9.78 Å². The van der Waals surface area contributed by atoms with Crippen LogP contribution in [0.4, 0.5) is 0 Å². The number of Topliss-reactive ketones (excluding diaryl/α,β-unsaturated/α-hetero) is 1. The molecule has 148 valence electrons. The molecule has 1 aliphatic rings. The molecule has 6 nitrogen and oxygen atoms in total. The fourth-order valence-corrected chi connectivity index (χ4v) is 3.77. The fourth-order valence-electron chi connectivity index (χ4n) is 3.52. The monoisotopic (exact) mass is 410 g/mol. The Bertz CT molecular complexity index is 1170. The average molecular weight is 411 g/mol. The predicted octanol–water partition coefficient (Wildman–Crippen LogP) is 3.82. The van der Waals surface area contributed by atoms with E-state index in [4.69, 9.17) is 16.3 Å². The fraction of sp³-hybridized carbons (Fsp3) is 0.273. The highest BCUT2D eigenvalue weighted by molar-refractivity contribution is 6.34. The molecule has 0 atom stereocenters. The largest absolute Gasteiger partial charge is 0.454 e. The second-order valence-electron chi connectivity index (χ2n) is 7.01. The predicted molar refractivity (Wildman–Crippen MR) is 110 cm³/mol. The maximum Gasteiger partial charge on any atom is 0.338 e. The maximum absolute atomic E-state index is 12.8. The standard InChI is InChI=1S/C22H19ClN2O4/c23-17-7-4-3-6-15(17)19(26)13-29-22(28)14-9-10-16-18(12-14)24-20-8-2-1-5-11-25(20)21(16)27/h3-4,6-7,9-10,12H,1-2,5,8,11,13H2. The highest BCUT2D eigenvalue weighted by atomic mass is 35.5. The first kappa shape index (κ1) is 19.3. The molecule has 0 amide bonds. The first-order valence-corrected chi connectivity index (χ1v) is 9.91. The number of rotatable bonds is 4. The van der Waals surface area contributed by atoms with Crippen LogP contribution in [0.1, 0.15) is 45.8 Å². The van der Waals surface area contributed by atoms with E-state index in [1.165, 1.54) is 6.07 Å². The second-order valence-corrected chi connectivity index (χ2v) is 7.41. The minimum Gasteiger partial charge on any atom is -0.454 e. The van der Waals surface area contributed by atoms with E-state index in [0.29, 0.717) is 28.0 Å². The molecular weight excluding hydrogens is 392 g/mol. The van der Waals surface area contributed by atoms with E-state index in [1.54, 1.807) is 41.0 Å². The van der Waals surface area contributed by atoms with Gasteiger partial charge in [-0.2, -0.15) is 0 Å². The van der Waals surface area contributed by atoms with Crippen molar-refractivity contribution in [3.8, 4) is 0 Å². The van der Waals surface area contributed by atoms with Gasteiger partial charge in [-0.1, -0.05) is 30.2 Å². The lowest BCUT2D eigenvalue weighted by atomic mass is 10.1. The maximum atomic E-state index is 12.8. The summed E-state index contributed by atoms with van der Waals surface area (Å²) in [6.45, 7) is 0.256. The van der Waals surface area contributed by atoms with Crippen LogP contribution in [-0.2, 0) is 17.7 Å². The summed E-state index contributed by atoms with van der Waals surface area (Å²) in [5, 5.41) is 0.781. The summed E-state index contributed by atoms with van der Waals surface area (Å²) >= 11 is 6.00. The molecular formula is C22H19ClN2O4. The zero-order chi connectivity index (χ0) is 20.4. The van der Waals surface area contributed by atoms with Crippen molar-refractivity contribution >= 4 is 34.3 Å². The molecule has 0 N–H and O–H groups in total. The Labute approximate surface area is 172 Å². The van der Waals surface area contributed by atoms with Crippen molar-refractivity contribution in [1.82, 2.24) is 9.55 Å². The number of hydrogen-bond acceptors (Lipinski definition) is 5. The van der Waals surface area contributed by atoms with Crippen molar-refractivity contribution in [3.05, 3.63) is 74.8 Å². The SMILES string of the molecule is O=C(OCC(=O)c1ccccc1Cl)c1ccc2c(=O)n3c(nc2c1)CCCCC3. The van der Waals surface area contributed by atoms with E-state index in [-0.39, 0.29) is 16.9 Å². The Morgan fingerprint density at radius 3 is 2.76 bits per heavy atom. The molecule has 0 spiro atoms. The molecule has 7 heteroatoms. The highest BCUT2D eigenvalue weighted by Crippen LogP contribution is 2.18. The Hall–Kier alpha value is -2.99. The van der Waals surface area contributed by atoms with Gasteiger partial charge in [0.2, 0.25) is 5.78 Å². The molecule has 4 rings (SSSR count). The molecule has 1 aromatic heterocycles. The van der Waals surface area contributed by atoms with Crippen molar-refractivity contribution in [3.63, 3.8) is 0 Å². The summed E-state index contributed by atoms with van der Waals surface area (Å²) in [6.07, 6.45) is 3.76. The normalized spacial score (nSPS) is 13.6. The topological polar surface area (TPSA) is 78.3 Å². The number of fused-ring (bicyclic) bond motifs is 2. The molecule has 1 aliphatic heterocycles. The molecule has 0 fully saturated rings. The third-order valence-corrected chi connectivity index (χ3v) is 5.39. The van der Waals surface area contributed by atoms with E-state index in [0.717, 1.165) is 31.5 Å². The first-order valence-electron chi connectivity index (χ1n) is 9.53. The number of halogens is 1. The minimum absolute atomic E-state index is 0.0827. The number of carbonyl (C=O) groups is 2. The van der Waals surface area contributed by atoms with E-state index in [1.807, 2.05) is 0 Å².